The van der Waals surface area contributed by atoms with E-state index in [0.29, 0.717) is 16.6 Å². The number of hydrogen-bond acceptors (Lipinski definition) is 4. The van der Waals surface area contributed by atoms with E-state index in [9.17, 15) is 13.2 Å². The highest BCUT2D eigenvalue weighted by Crippen LogP contribution is 2.24. The molecule has 4 rings (SSSR count). The largest absolute Gasteiger partial charge is 0.324 e. The molecule has 4 aromatic rings. The van der Waals surface area contributed by atoms with Crippen molar-refractivity contribution in [2.75, 3.05) is 5.32 Å². The Morgan fingerprint density at radius 3 is 2.29 bits per heavy atom. The molecule has 2 N–H and O–H groups in total. The minimum absolute atomic E-state index is 0.0409. The molecule has 0 aliphatic rings. The van der Waals surface area contributed by atoms with Crippen molar-refractivity contribution in [3.8, 4) is 0 Å². The first-order chi connectivity index (χ1) is 16.2. The van der Waals surface area contributed by atoms with E-state index in [1.807, 2.05) is 63.2 Å². The SMILES string of the molecule is Cc1cc(C)c(NC(=O)C(Cc2ccccc2)NS(=O)(=O)c2cccc3cccnc23)c(C)c1. The van der Waals surface area contributed by atoms with Crippen molar-refractivity contribution in [3.63, 3.8) is 0 Å². The van der Waals surface area contributed by atoms with Crippen LogP contribution in [0.3, 0.4) is 0 Å². The number of hydrogen-bond donors (Lipinski definition) is 2. The van der Waals surface area contributed by atoms with Crippen LogP contribution in [0.2, 0.25) is 0 Å². The molecule has 3 aromatic carbocycles. The molecule has 0 aliphatic carbocycles. The summed E-state index contributed by atoms with van der Waals surface area (Å²) in [5, 5.41) is 3.66. The van der Waals surface area contributed by atoms with Gasteiger partial charge < -0.3 is 5.32 Å². The molecule has 0 saturated carbocycles. The molecule has 0 saturated heterocycles. The van der Waals surface area contributed by atoms with Crippen molar-refractivity contribution >= 4 is 32.5 Å². The number of aryl methyl sites for hydroxylation is 3. The minimum Gasteiger partial charge on any atom is -0.324 e. The lowest BCUT2D eigenvalue weighted by molar-refractivity contribution is -0.117. The third-order valence-corrected chi connectivity index (χ3v) is 7.21. The summed E-state index contributed by atoms with van der Waals surface area (Å²) < 4.78 is 29.5. The van der Waals surface area contributed by atoms with Gasteiger partial charge in [0.1, 0.15) is 10.9 Å². The fourth-order valence-electron chi connectivity index (χ4n) is 4.17. The number of carbonyl (C=O) groups excluding carboxylic acids is 1. The van der Waals surface area contributed by atoms with Crippen LogP contribution in [-0.2, 0) is 21.2 Å². The summed E-state index contributed by atoms with van der Waals surface area (Å²) >= 11 is 0. The standard InChI is InChI=1S/C27H27N3O3S/c1-18-15-19(2)25(20(3)16-18)29-27(31)23(17-21-9-5-4-6-10-21)30-34(32,33)24-13-7-11-22-12-8-14-28-26(22)24/h4-16,23,30H,17H2,1-3H3,(H,29,31). The van der Waals surface area contributed by atoms with Crippen LogP contribution in [0.4, 0.5) is 5.69 Å². The van der Waals surface area contributed by atoms with E-state index in [2.05, 4.69) is 15.0 Å². The predicted octanol–water partition coefficient (Wildman–Crippen LogP) is 4.69. The fraction of sp³-hybridized carbons (Fsp3) is 0.185. The van der Waals surface area contributed by atoms with Gasteiger partial charge in [-0.15, -0.1) is 0 Å². The van der Waals surface area contributed by atoms with Gasteiger partial charge in [0.2, 0.25) is 15.9 Å². The summed E-state index contributed by atoms with van der Waals surface area (Å²) in [5.41, 5.74) is 4.84. The van der Waals surface area contributed by atoms with Crippen LogP contribution in [0.5, 0.6) is 0 Å². The zero-order valence-corrected chi connectivity index (χ0v) is 20.2. The Balaban J connectivity index is 1.69. The summed E-state index contributed by atoms with van der Waals surface area (Å²) in [6, 6.07) is 20.8. The highest BCUT2D eigenvalue weighted by molar-refractivity contribution is 7.89. The molecule has 1 unspecified atom stereocenters. The van der Waals surface area contributed by atoms with Crippen LogP contribution < -0.4 is 10.0 Å². The lowest BCUT2D eigenvalue weighted by Crippen LogP contribution is -2.45. The molecule has 0 aliphatic heterocycles. The molecule has 6 nitrogen and oxygen atoms in total. The monoisotopic (exact) mass is 473 g/mol. The Morgan fingerprint density at radius 2 is 1.59 bits per heavy atom. The van der Waals surface area contributed by atoms with E-state index < -0.39 is 22.0 Å². The van der Waals surface area contributed by atoms with Crippen molar-refractivity contribution in [3.05, 3.63) is 101 Å². The van der Waals surface area contributed by atoms with Crippen LogP contribution in [-0.4, -0.2) is 25.4 Å². The molecular formula is C27H27N3O3S. The maximum Gasteiger partial charge on any atom is 0.243 e. The van der Waals surface area contributed by atoms with Gasteiger partial charge in [-0.3, -0.25) is 9.78 Å². The van der Waals surface area contributed by atoms with E-state index in [1.54, 1.807) is 30.5 Å². The maximum absolute atomic E-state index is 13.5. The molecule has 7 heteroatoms. The predicted molar refractivity (Wildman–Crippen MR) is 135 cm³/mol. The van der Waals surface area contributed by atoms with Gasteiger partial charge in [0.05, 0.1) is 5.52 Å². The average Bonchev–Trinajstić information content (AvgIpc) is 2.81. The number of benzene rings is 3. The second-order valence-electron chi connectivity index (χ2n) is 8.46. The van der Waals surface area contributed by atoms with E-state index >= 15 is 0 Å². The average molecular weight is 474 g/mol. The van der Waals surface area contributed by atoms with Gasteiger partial charge in [0.25, 0.3) is 0 Å². The first-order valence-corrected chi connectivity index (χ1v) is 12.5. The van der Waals surface area contributed by atoms with E-state index in [0.717, 1.165) is 22.3 Å². The molecular weight excluding hydrogens is 446 g/mol. The Bertz CT molecular complexity index is 1420. The molecule has 0 radical (unpaired) electrons. The van der Waals surface area contributed by atoms with Crippen molar-refractivity contribution in [2.24, 2.45) is 0 Å². The van der Waals surface area contributed by atoms with Gasteiger partial charge >= 0.3 is 0 Å². The molecule has 0 fully saturated rings. The van der Waals surface area contributed by atoms with Crippen molar-refractivity contribution < 1.29 is 13.2 Å². The topological polar surface area (TPSA) is 88.2 Å². The van der Waals surface area contributed by atoms with Gasteiger partial charge in [-0.05, 0) is 56.0 Å². The van der Waals surface area contributed by atoms with Crippen LogP contribution in [0.15, 0.2) is 83.9 Å². The number of pyridine rings is 1. The number of sulfonamides is 1. The molecule has 174 valence electrons. The molecule has 0 bridgehead atoms. The second kappa shape index (κ2) is 9.75. The van der Waals surface area contributed by atoms with E-state index in [4.69, 9.17) is 0 Å². The van der Waals surface area contributed by atoms with Gasteiger partial charge in [-0.1, -0.05) is 66.2 Å². The molecule has 1 aromatic heterocycles. The number of nitrogens with one attached hydrogen (secondary N) is 2. The smallest absolute Gasteiger partial charge is 0.243 e. The quantitative estimate of drug-likeness (QED) is 0.408. The van der Waals surface area contributed by atoms with E-state index in [-0.39, 0.29) is 11.3 Å². The Hall–Kier alpha value is -3.55. The highest BCUT2D eigenvalue weighted by Gasteiger charge is 2.28. The fourth-order valence-corrected chi connectivity index (χ4v) is 5.54. The van der Waals surface area contributed by atoms with Crippen LogP contribution in [0, 0.1) is 20.8 Å². The minimum atomic E-state index is -4.04. The molecule has 0 spiro atoms. The third kappa shape index (κ3) is 5.16. The van der Waals surface area contributed by atoms with Crippen LogP contribution in [0.25, 0.3) is 10.9 Å². The van der Waals surface area contributed by atoms with Crippen molar-refractivity contribution in [1.82, 2.24) is 9.71 Å². The Kier molecular flexibility index (Phi) is 6.77. The van der Waals surface area contributed by atoms with Gasteiger partial charge in [0, 0.05) is 17.3 Å². The highest BCUT2D eigenvalue weighted by atomic mass is 32.2. The van der Waals surface area contributed by atoms with Gasteiger partial charge in [-0.2, -0.15) is 4.72 Å². The number of amides is 1. The van der Waals surface area contributed by atoms with Gasteiger partial charge in [0.15, 0.2) is 0 Å². The zero-order chi connectivity index (χ0) is 24.3. The number of rotatable bonds is 7. The van der Waals surface area contributed by atoms with Crippen molar-refractivity contribution in [1.29, 1.82) is 0 Å². The molecule has 34 heavy (non-hydrogen) atoms. The van der Waals surface area contributed by atoms with Crippen molar-refractivity contribution in [2.45, 2.75) is 38.1 Å². The lowest BCUT2D eigenvalue weighted by atomic mass is 10.0. The summed E-state index contributed by atoms with van der Waals surface area (Å²) in [7, 11) is -4.04. The first kappa shape index (κ1) is 23.6. The number of anilines is 1. The van der Waals surface area contributed by atoms with E-state index in [1.165, 1.54) is 6.07 Å². The molecule has 1 heterocycles. The van der Waals surface area contributed by atoms with Crippen LogP contribution in [0.1, 0.15) is 22.3 Å². The van der Waals surface area contributed by atoms with Crippen LogP contribution >= 0.6 is 0 Å². The van der Waals surface area contributed by atoms with Gasteiger partial charge in [-0.25, -0.2) is 8.42 Å². The Labute approximate surface area is 200 Å². The maximum atomic E-state index is 13.5. The lowest BCUT2D eigenvalue weighted by Gasteiger charge is -2.21. The number of para-hydroxylation sites is 1. The number of aromatic nitrogens is 1. The zero-order valence-electron chi connectivity index (χ0n) is 19.4. The molecule has 1 atom stereocenters. The second-order valence-corrected chi connectivity index (χ2v) is 10.1. The number of fused-ring (bicyclic) bond motifs is 1. The normalized spacial score (nSPS) is 12.4. The summed E-state index contributed by atoms with van der Waals surface area (Å²) in [5.74, 6) is -0.421. The summed E-state index contributed by atoms with van der Waals surface area (Å²) in [6.07, 6.45) is 1.76. The first-order valence-electron chi connectivity index (χ1n) is 11.0. The number of carbonyl (C=O) groups is 1. The third-order valence-electron chi connectivity index (χ3n) is 5.71. The summed E-state index contributed by atoms with van der Waals surface area (Å²) in [6.45, 7) is 5.84. The Morgan fingerprint density at radius 1 is 0.912 bits per heavy atom. The summed E-state index contributed by atoms with van der Waals surface area (Å²) in [4.78, 5) is 17.7. The number of nitrogens with zero attached hydrogens (tertiary/aromatic N) is 1. The molecule has 1 amide bonds.